The predicted octanol–water partition coefficient (Wildman–Crippen LogP) is 4.49. The lowest BCUT2D eigenvalue weighted by molar-refractivity contribution is -0.137. The first-order chi connectivity index (χ1) is 12.0. The molecule has 1 N–H and O–H groups in total. The Morgan fingerprint density at radius 1 is 0.960 bits per heavy atom. The predicted molar refractivity (Wildman–Crippen MR) is 87.9 cm³/mol. The fourth-order valence-corrected chi connectivity index (χ4v) is 2.80. The van der Waals surface area contributed by atoms with Gasteiger partial charge < -0.3 is 4.57 Å². The summed E-state index contributed by atoms with van der Waals surface area (Å²) in [4.78, 5) is 4.62. The summed E-state index contributed by atoms with van der Waals surface area (Å²) in [6.07, 6.45) is -2.70. The minimum absolute atomic E-state index is 0.410. The molecule has 0 spiro atoms. The number of H-pyrrole nitrogens is 1. The smallest absolute Gasteiger partial charge is 0.318 e. The number of aromatic amines is 1. The van der Waals surface area contributed by atoms with E-state index >= 15 is 0 Å². The van der Waals surface area contributed by atoms with Crippen LogP contribution in [0.2, 0.25) is 0 Å². The summed E-state index contributed by atoms with van der Waals surface area (Å²) in [6.45, 7) is 0.410. The van der Waals surface area contributed by atoms with Crippen molar-refractivity contribution in [3.8, 4) is 11.5 Å². The Hall–Kier alpha value is -3.09. The lowest BCUT2D eigenvalue weighted by atomic mass is 10.1. The van der Waals surface area contributed by atoms with Gasteiger partial charge in [-0.05, 0) is 35.9 Å². The Kier molecular flexibility index (Phi) is 3.56. The second-order valence-corrected chi connectivity index (χ2v) is 5.68. The van der Waals surface area contributed by atoms with E-state index in [0.717, 1.165) is 34.4 Å². The fourth-order valence-electron chi connectivity index (χ4n) is 2.80. The third kappa shape index (κ3) is 2.88. The van der Waals surface area contributed by atoms with Gasteiger partial charge in [-0.2, -0.15) is 18.3 Å². The van der Waals surface area contributed by atoms with Crippen LogP contribution < -0.4 is 0 Å². The second kappa shape index (κ2) is 5.77. The number of imidazole rings is 1. The molecule has 0 bridgehead atoms. The zero-order chi connectivity index (χ0) is 17.4. The number of hydrogen-bond donors (Lipinski definition) is 1. The van der Waals surface area contributed by atoms with Crippen LogP contribution in [0.15, 0.2) is 60.8 Å². The summed E-state index contributed by atoms with van der Waals surface area (Å²) in [5.41, 5.74) is 2.59. The highest BCUT2D eigenvalue weighted by molar-refractivity contribution is 5.80. The molecule has 126 valence electrons. The monoisotopic (exact) mass is 342 g/mol. The van der Waals surface area contributed by atoms with Crippen LogP contribution in [0.5, 0.6) is 0 Å². The lowest BCUT2D eigenvalue weighted by Gasteiger charge is -2.10. The van der Waals surface area contributed by atoms with E-state index in [1.165, 1.54) is 12.1 Å². The first-order valence-electron chi connectivity index (χ1n) is 7.63. The average Bonchev–Trinajstić information content (AvgIpc) is 3.23. The van der Waals surface area contributed by atoms with Crippen molar-refractivity contribution >= 4 is 11.0 Å². The van der Waals surface area contributed by atoms with Gasteiger partial charge in [-0.1, -0.05) is 24.3 Å². The maximum Gasteiger partial charge on any atom is 0.416 e. The highest BCUT2D eigenvalue weighted by Crippen LogP contribution is 2.30. The first-order valence-corrected chi connectivity index (χ1v) is 7.63. The van der Waals surface area contributed by atoms with E-state index in [1.807, 2.05) is 34.9 Å². The van der Waals surface area contributed by atoms with Gasteiger partial charge in [-0.3, -0.25) is 5.10 Å². The SMILES string of the molecule is FC(F)(F)c1ccc(Cn2c(-c3ccn[nH]3)nc3ccccc32)cc1. The third-order valence-corrected chi connectivity index (χ3v) is 4.02. The summed E-state index contributed by atoms with van der Waals surface area (Å²) in [5, 5.41) is 6.84. The van der Waals surface area contributed by atoms with Crippen molar-refractivity contribution in [2.45, 2.75) is 12.7 Å². The van der Waals surface area contributed by atoms with Crippen LogP contribution in [0.4, 0.5) is 13.2 Å². The fraction of sp³-hybridized carbons (Fsp3) is 0.111. The van der Waals surface area contributed by atoms with E-state index < -0.39 is 11.7 Å². The van der Waals surface area contributed by atoms with Crippen LogP contribution in [-0.4, -0.2) is 19.7 Å². The van der Waals surface area contributed by atoms with Gasteiger partial charge in [0.2, 0.25) is 0 Å². The quantitative estimate of drug-likeness (QED) is 0.596. The van der Waals surface area contributed by atoms with E-state index in [2.05, 4.69) is 15.2 Å². The summed E-state index contributed by atoms with van der Waals surface area (Å²) in [6, 6.07) is 14.6. The van der Waals surface area contributed by atoms with Crippen LogP contribution in [-0.2, 0) is 12.7 Å². The van der Waals surface area contributed by atoms with Gasteiger partial charge in [0, 0.05) is 12.7 Å². The number of para-hydroxylation sites is 2. The standard InChI is InChI=1S/C18H13F3N4/c19-18(20,21)13-7-5-12(6-8-13)11-25-16-4-2-1-3-14(16)23-17(25)15-9-10-22-24-15/h1-10H,11H2,(H,22,24). The van der Waals surface area contributed by atoms with E-state index in [0.29, 0.717) is 12.4 Å². The number of fused-ring (bicyclic) bond motifs is 1. The van der Waals surface area contributed by atoms with Gasteiger partial charge in [0.25, 0.3) is 0 Å². The van der Waals surface area contributed by atoms with E-state index in [-0.39, 0.29) is 0 Å². The highest BCUT2D eigenvalue weighted by atomic mass is 19.4. The third-order valence-electron chi connectivity index (χ3n) is 4.02. The maximum absolute atomic E-state index is 12.7. The summed E-state index contributed by atoms with van der Waals surface area (Å²) in [7, 11) is 0. The lowest BCUT2D eigenvalue weighted by Crippen LogP contribution is -2.06. The zero-order valence-corrected chi connectivity index (χ0v) is 13.0. The topological polar surface area (TPSA) is 46.5 Å². The number of nitrogens with zero attached hydrogens (tertiary/aromatic N) is 3. The van der Waals surface area contributed by atoms with Crippen LogP contribution in [0.3, 0.4) is 0 Å². The minimum atomic E-state index is -4.33. The van der Waals surface area contributed by atoms with E-state index in [1.54, 1.807) is 6.20 Å². The summed E-state index contributed by atoms with van der Waals surface area (Å²) in [5.74, 6) is 0.693. The molecule has 4 nitrogen and oxygen atoms in total. The first kappa shape index (κ1) is 15.4. The van der Waals surface area contributed by atoms with E-state index in [4.69, 9.17) is 0 Å². The number of hydrogen-bond acceptors (Lipinski definition) is 2. The minimum Gasteiger partial charge on any atom is -0.318 e. The van der Waals surface area contributed by atoms with Gasteiger partial charge in [0.1, 0.15) is 5.69 Å². The molecule has 2 heterocycles. The molecule has 0 saturated heterocycles. The van der Waals surface area contributed by atoms with Gasteiger partial charge in [0.05, 0.1) is 16.6 Å². The maximum atomic E-state index is 12.7. The van der Waals surface area contributed by atoms with Crippen molar-refractivity contribution < 1.29 is 13.2 Å². The molecule has 4 rings (SSSR count). The van der Waals surface area contributed by atoms with Crippen molar-refractivity contribution in [1.82, 2.24) is 19.7 Å². The van der Waals surface area contributed by atoms with Crippen LogP contribution >= 0.6 is 0 Å². The number of halogens is 3. The molecule has 0 unspecified atom stereocenters. The highest BCUT2D eigenvalue weighted by Gasteiger charge is 2.30. The Balaban J connectivity index is 1.77. The van der Waals surface area contributed by atoms with Gasteiger partial charge in [-0.25, -0.2) is 4.98 Å². The molecule has 4 aromatic rings. The number of alkyl halides is 3. The molecule has 0 atom stereocenters. The van der Waals surface area contributed by atoms with Gasteiger partial charge in [0.15, 0.2) is 5.82 Å². The number of aromatic nitrogens is 4. The van der Waals surface area contributed by atoms with Gasteiger partial charge >= 0.3 is 6.18 Å². The second-order valence-electron chi connectivity index (χ2n) is 5.68. The molecule has 0 aliphatic heterocycles. The molecule has 7 heteroatoms. The number of nitrogens with one attached hydrogen (secondary N) is 1. The Morgan fingerprint density at radius 2 is 1.72 bits per heavy atom. The molecular formula is C18H13F3N4. The molecule has 25 heavy (non-hydrogen) atoms. The molecule has 0 aliphatic rings. The van der Waals surface area contributed by atoms with Crippen LogP contribution in [0.25, 0.3) is 22.6 Å². The van der Waals surface area contributed by atoms with Gasteiger partial charge in [-0.15, -0.1) is 0 Å². The Morgan fingerprint density at radius 3 is 2.40 bits per heavy atom. The molecule has 0 aliphatic carbocycles. The molecule has 0 fully saturated rings. The number of benzene rings is 2. The summed E-state index contributed by atoms with van der Waals surface area (Å²) >= 11 is 0. The molecular weight excluding hydrogens is 329 g/mol. The normalized spacial score (nSPS) is 12.0. The Labute approximate surface area is 140 Å². The molecule has 0 amide bonds. The molecule has 2 aromatic carbocycles. The summed E-state index contributed by atoms with van der Waals surface area (Å²) < 4.78 is 40.2. The van der Waals surface area contributed by atoms with Crippen molar-refractivity contribution in [2.24, 2.45) is 0 Å². The van der Waals surface area contributed by atoms with E-state index in [9.17, 15) is 13.2 Å². The largest absolute Gasteiger partial charge is 0.416 e. The van der Waals surface area contributed by atoms with Crippen molar-refractivity contribution in [3.05, 3.63) is 71.9 Å². The van der Waals surface area contributed by atoms with Crippen molar-refractivity contribution in [3.63, 3.8) is 0 Å². The van der Waals surface area contributed by atoms with Crippen molar-refractivity contribution in [1.29, 1.82) is 0 Å². The molecule has 0 saturated carbocycles. The van der Waals surface area contributed by atoms with Crippen LogP contribution in [0, 0.1) is 0 Å². The van der Waals surface area contributed by atoms with Crippen LogP contribution in [0.1, 0.15) is 11.1 Å². The zero-order valence-electron chi connectivity index (χ0n) is 13.0. The number of rotatable bonds is 3. The molecule has 2 aromatic heterocycles. The molecule has 0 radical (unpaired) electrons. The average molecular weight is 342 g/mol. The van der Waals surface area contributed by atoms with Crippen molar-refractivity contribution in [2.75, 3.05) is 0 Å². The Bertz CT molecular complexity index is 999.